The highest BCUT2D eigenvalue weighted by Gasteiger charge is 2.28. The molecule has 1 nitrogen and oxygen atoms in total. The van der Waals surface area contributed by atoms with Crippen LogP contribution in [-0.4, -0.2) is 13.2 Å². The normalized spacial score (nSPS) is 14.2. The van der Waals surface area contributed by atoms with Gasteiger partial charge in [-0.15, -0.1) is 11.3 Å². The number of thiophene rings is 1. The molecule has 0 fully saturated rings. The van der Waals surface area contributed by atoms with Crippen LogP contribution in [0.15, 0.2) is 11.4 Å². The first-order valence-corrected chi connectivity index (χ1v) is 6.36. The third-order valence-electron chi connectivity index (χ3n) is 2.06. The Labute approximate surface area is 104 Å². The lowest BCUT2D eigenvalue weighted by Gasteiger charge is -2.15. The summed E-state index contributed by atoms with van der Waals surface area (Å²) in [5.74, 6) is 0. The van der Waals surface area contributed by atoms with E-state index in [2.05, 4.69) is 27.9 Å². The van der Waals surface area contributed by atoms with Gasteiger partial charge < -0.3 is 5.32 Å². The van der Waals surface area contributed by atoms with Crippen molar-refractivity contribution in [3.63, 3.8) is 0 Å². The largest absolute Gasteiger partial charge is 0.389 e. The van der Waals surface area contributed by atoms with Crippen LogP contribution < -0.4 is 5.32 Å². The van der Waals surface area contributed by atoms with Crippen molar-refractivity contribution in [2.24, 2.45) is 0 Å². The van der Waals surface area contributed by atoms with Crippen molar-refractivity contribution in [2.45, 2.75) is 25.1 Å². The minimum atomic E-state index is -4.07. The smallest absolute Gasteiger partial charge is 0.313 e. The first-order valence-electron chi connectivity index (χ1n) is 4.40. The summed E-state index contributed by atoms with van der Waals surface area (Å²) in [6, 6.07) is 1.72. The lowest BCUT2D eigenvalue weighted by Crippen LogP contribution is -2.19. The number of hydrogen-bond acceptors (Lipinski definition) is 2. The number of nitrogens with one attached hydrogen (secondary N) is 1. The number of hydrogen-bond donors (Lipinski definition) is 1. The quantitative estimate of drug-likeness (QED) is 0.812. The lowest BCUT2D eigenvalue weighted by atomic mass is 10.1. The molecule has 1 unspecified atom stereocenters. The number of halogens is 4. The van der Waals surface area contributed by atoms with Crippen LogP contribution in [0.3, 0.4) is 0 Å². The highest BCUT2D eigenvalue weighted by molar-refractivity contribution is 14.1. The predicted molar refractivity (Wildman–Crippen MR) is 64.1 cm³/mol. The molecule has 6 heteroatoms. The molecule has 0 aliphatic carbocycles. The molecule has 1 N–H and O–H groups in total. The Morgan fingerprint density at radius 1 is 1.53 bits per heavy atom. The SMILES string of the molecule is CNC(CCC(F)(F)F)c1csc(I)c1. The van der Waals surface area contributed by atoms with Crippen LogP contribution in [0.4, 0.5) is 13.2 Å². The lowest BCUT2D eigenvalue weighted by molar-refractivity contribution is -0.136. The molecule has 15 heavy (non-hydrogen) atoms. The van der Waals surface area contributed by atoms with Gasteiger partial charge in [-0.25, -0.2) is 0 Å². The Kier molecular flexibility index (Phi) is 4.85. The van der Waals surface area contributed by atoms with Crippen molar-refractivity contribution in [1.82, 2.24) is 5.32 Å². The topological polar surface area (TPSA) is 12.0 Å². The Bertz CT molecular complexity index is 311. The summed E-state index contributed by atoms with van der Waals surface area (Å²) in [5, 5.41) is 4.81. The molecule has 0 radical (unpaired) electrons. The van der Waals surface area contributed by atoms with E-state index in [1.165, 1.54) is 0 Å². The summed E-state index contributed by atoms with van der Waals surface area (Å²) in [6.45, 7) is 0. The van der Waals surface area contributed by atoms with Gasteiger partial charge in [-0.1, -0.05) is 0 Å². The fourth-order valence-corrected chi connectivity index (χ4v) is 2.72. The first-order chi connectivity index (χ1) is 6.92. The molecule has 0 amide bonds. The van der Waals surface area contributed by atoms with Crippen LogP contribution >= 0.6 is 33.9 Å². The van der Waals surface area contributed by atoms with Crippen LogP contribution in [0.2, 0.25) is 0 Å². The molecule has 0 saturated carbocycles. The molecule has 1 atom stereocenters. The van der Waals surface area contributed by atoms with E-state index in [9.17, 15) is 13.2 Å². The van der Waals surface area contributed by atoms with Gasteiger partial charge in [0.15, 0.2) is 0 Å². The Morgan fingerprint density at radius 3 is 2.60 bits per heavy atom. The van der Waals surface area contributed by atoms with Gasteiger partial charge in [0, 0.05) is 12.5 Å². The van der Waals surface area contributed by atoms with Crippen LogP contribution in [0.1, 0.15) is 24.4 Å². The van der Waals surface area contributed by atoms with Gasteiger partial charge in [0.25, 0.3) is 0 Å². The third-order valence-corrected chi connectivity index (χ3v) is 3.86. The van der Waals surface area contributed by atoms with E-state index in [1.54, 1.807) is 18.4 Å². The van der Waals surface area contributed by atoms with E-state index in [4.69, 9.17) is 0 Å². The van der Waals surface area contributed by atoms with E-state index in [0.29, 0.717) is 0 Å². The van der Waals surface area contributed by atoms with E-state index in [0.717, 1.165) is 8.45 Å². The van der Waals surface area contributed by atoms with Gasteiger partial charge in [-0.3, -0.25) is 0 Å². The maximum atomic E-state index is 12.0. The van der Waals surface area contributed by atoms with Crippen molar-refractivity contribution >= 4 is 33.9 Å². The van der Waals surface area contributed by atoms with E-state index >= 15 is 0 Å². The van der Waals surface area contributed by atoms with Gasteiger partial charge in [-0.2, -0.15) is 13.2 Å². The zero-order valence-corrected chi connectivity index (χ0v) is 11.0. The molecule has 1 rings (SSSR count). The second kappa shape index (κ2) is 5.49. The zero-order chi connectivity index (χ0) is 11.5. The molecular weight excluding hydrogens is 338 g/mol. The van der Waals surface area contributed by atoms with Crippen molar-refractivity contribution in [3.8, 4) is 0 Å². The molecule has 1 heterocycles. The average molecular weight is 349 g/mol. The maximum Gasteiger partial charge on any atom is 0.389 e. The average Bonchev–Trinajstić information content (AvgIpc) is 2.51. The Morgan fingerprint density at radius 2 is 2.20 bits per heavy atom. The van der Waals surface area contributed by atoms with Crippen LogP contribution in [0.25, 0.3) is 0 Å². The summed E-state index contributed by atoms with van der Waals surface area (Å²) in [5.41, 5.74) is 0.941. The van der Waals surface area contributed by atoms with Crippen molar-refractivity contribution < 1.29 is 13.2 Å². The second-order valence-corrected chi connectivity index (χ2v) is 5.98. The fourth-order valence-electron chi connectivity index (χ4n) is 1.29. The maximum absolute atomic E-state index is 12.0. The van der Waals surface area contributed by atoms with Crippen LogP contribution in [-0.2, 0) is 0 Å². The van der Waals surface area contributed by atoms with Crippen molar-refractivity contribution in [2.75, 3.05) is 7.05 Å². The van der Waals surface area contributed by atoms with Gasteiger partial charge in [-0.05, 0) is 53.1 Å². The van der Waals surface area contributed by atoms with Gasteiger partial charge in [0.2, 0.25) is 0 Å². The van der Waals surface area contributed by atoms with E-state index in [-0.39, 0.29) is 12.5 Å². The highest BCUT2D eigenvalue weighted by atomic mass is 127. The summed E-state index contributed by atoms with van der Waals surface area (Å²) in [4.78, 5) is 0. The summed E-state index contributed by atoms with van der Waals surface area (Å²) >= 11 is 3.71. The number of rotatable bonds is 4. The minimum Gasteiger partial charge on any atom is -0.313 e. The number of alkyl halides is 3. The molecule has 1 aromatic heterocycles. The Balaban J connectivity index is 2.57. The monoisotopic (exact) mass is 349 g/mol. The van der Waals surface area contributed by atoms with Gasteiger partial charge in [0.1, 0.15) is 0 Å². The molecule has 0 aliphatic heterocycles. The van der Waals surface area contributed by atoms with Crippen molar-refractivity contribution in [1.29, 1.82) is 0 Å². The highest BCUT2D eigenvalue weighted by Crippen LogP contribution is 2.29. The molecule has 0 saturated heterocycles. The Hall–Kier alpha value is 0.180. The first kappa shape index (κ1) is 13.2. The molecule has 1 aromatic rings. The van der Waals surface area contributed by atoms with Gasteiger partial charge >= 0.3 is 6.18 Å². The summed E-state index contributed by atoms with van der Waals surface area (Å²) in [6.07, 6.45) is -4.73. The zero-order valence-electron chi connectivity index (χ0n) is 8.07. The molecule has 0 aliphatic rings. The minimum absolute atomic E-state index is 0.0901. The predicted octanol–water partition coefficient (Wildman–Crippen LogP) is 3.96. The second-order valence-electron chi connectivity index (χ2n) is 3.18. The summed E-state index contributed by atoms with van der Waals surface area (Å²) in [7, 11) is 1.69. The van der Waals surface area contributed by atoms with E-state index in [1.807, 2.05) is 11.4 Å². The van der Waals surface area contributed by atoms with Gasteiger partial charge in [0.05, 0.1) is 2.88 Å². The molecule has 86 valence electrons. The van der Waals surface area contributed by atoms with Crippen LogP contribution in [0.5, 0.6) is 0 Å². The van der Waals surface area contributed by atoms with E-state index < -0.39 is 12.6 Å². The molecule has 0 bridgehead atoms. The molecular formula is C9H11F3INS. The van der Waals surface area contributed by atoms with Crippen molar-refractivity contribution in [3.05, 3.63) is 19.9 Å². The third kappa shape index (κ3) is 4.69. The van der Waals surface area contributed by atoms with Crippen LogP contribution in [0, 0.1) is 2.88 Å². The molecule has 0 aromatic carbocycles. The summed E-state index contributed by atoms with van der Waals surface area (Å²) < 4.78 is 37.2. The standard InChI is InChI=1S/C9H11F3INS/c1-14-7(2-3-9(10,11)12)6-4-8(13)15-5-6/h4-5,7,14H,2-3H2,1H3. The molecule has 0 spiro atoms. The fraction of sp³-hybridized carbons (Fsp3) is 0.556.